The smallest absolute Gasteiger partial charge is 0.320 e. The number of hydrogen-bond acceptors (Lipinski definition) is 1. The van der Waals surface area contributed by atoms with Gasteiger partial charge in [0, 0.05) is 4.47 Å². The molecule has 0 spiro atoms. The van der Waals surface area contributed by atoms with Crippen LogP contribution in [0.2, 0.25) is 5.02 Å². The number of halogens is 5. The van der Waals surface area contributed by atoms with Gasteiger partial charge in [0.1, 0.15) is 0 Å². The number of hydrogen-bond donors (Lipinski definition) is 1. The Bertz CT molecular complexity index is 670. The van der Waals surface area contributed by atoms with Crippen LogP contribution in [-0.4, -0.2) is 0 Å². The molecule has 0 saturated heterocycles. The zero-order valence-electron chi connectivity index (χ0n) is 11.0. The van der Waals surface area contributed by atoms with Gasteiger partial charge in [-0.1, -0.05) is 29.8 Å². The lowest BCUT2D eigenvalue weighted by Gasteiger charge is -2.18. The largest absolute Gasteiger partial charge is 0.416 e. The Labute approximate surface area is 134 Å². The van der Waals surface area contributed by atoms with Gasteiger partial charge in [-0.15, -0.1) is 0 Å². The highest BCUT2D eigenvalue weighted by Gasteiger charge is 2.31. The van der Waals surface area contributed by atoms with E-state index in [2.05, 4.69) is 15.9 Å². The van der Waals surface area contributed by atoms with Gasteiger partial charge < -0.3 is 5.73 Å². The number of aryl methyl sites for hydroxylation is 1. The van der Waals surface area contributed by atoms with Crippen molar-refractivity contribution in [2.75, 3.05) is 0 Å². The average molecular weight is 379 g/mol. The second-order valence-corrected chi connectivity index (χ2v) is 5.92. The van der Waals surface area contributed by atoms with Crippen LogP contribution < -0.4 is 5.73 Å². The maximum atomic E-state index is 12.7. The van der Waals surface area contributed by atoms with Gasteiger partial charge in [0.05, 0.1) is 16.6 Å². The minimum atomic E-state index is -4.36. The minimum absolute atomic E-state index is 0.462. The first-order chi connectivity index (χ1) is 9.71. The normalized spacial score (nSPS) is 13.3. The molecule has 2 aromatic rings. The summed E-state index contributed by atoms with van der Waals surface area (Å²) in [6.45, 7) is 1.61. The van der Waals surface area contributed by atoms with Crippen molar-refractivity contribution in [1.82, 2.24) is 0 Å². The van der Waals surface area contributed by atoms with Crippen LogP contribution in [0.15, 0.2) is 40.9 Å². The predicted molar refractivity (Wildman–Crippen MR) is 81.4 cm³/mol. The fraction of sp³-hybridized carbons (Fsp3) is 0.200. The fourth-order valence-corrected chi connectivity index (χ4v) is 2.75. The van der Waals surface area contributed by atoms with E-state index in [0.29, 0.717) is 26.2 Å². The first-order valence-electron chi connectivity index (χ1n) is 6.09. The Morgan fingerprint density at radius 3 is 2.38 bits per heavy atom. The molecule has 0 aliphatic rings. The van der Waals surface area contributed by atoms with Gasteiger partial charge in [-0.05, 0) is 57.7 Å². The van der Waals surface area contributed by atoms with Gasteiger partial charge in [-0.2, -0.15) is 13.2 Å². The van der Waals surface area contributed by atoms with Crippen molar-refractivity contribution < 1.29 is 13.2 Å². The van der Waals surface area contributed by atoms with E-state index in [9.17, 15) is 13.2 Å². The summed E-state index contributed by atoms with van der Waals surface area (Å²) in [6, 6.07) is 8.27. The maximum absolute atomic E-state index is 12.7. The van der Waals surface area contributed by atoms with E-state index in [1.54, 1.807) is 25.1 Å². The quantitative estimate of drug-likeness (QED) is 0.736. The summed E-state index contributed by atoms with van der Waals surface area (Å²) in [5.74, 6) is 0. The second kappa shape index (κ2) is 5.99. The molecule has 0 aliphatic carbocycles. The van der Waals surface area contributed by atoms with E-state index >= 15 is 0 Å². The summed E-state index contributed by atoms with van der Waals surface area (Å²) < 4.78 is 38.7. The van der Waals surface area contributed by atoms with Crippen LogP contribution in [0.4, 0.5) is 13.2 Å². The Morgan fingerprint density at radius 1 is 1.14 bits per heavy atom. The number of nitrogens with two attached hydrogens (primary N) is 1. The third-order valence-electron chi connectivity index (χ3n) is 3.25. The molecule has 112 valence electrons. The molecule has 1 nitrogen and oxygen atoms in total. The van der Waals surface area contributed by atoms with Crippen LogP contribution >= 0.6 is 27.5 Å². The lowest BCUT2D eigenvalue weighted by atomic mass is 9.94. The third kappa shape index (κ3) is 3.42. The van der Waals surface area contributed by atoms with E-state index in [4.69, 9.17) is 17.3 Å². The number of benzene rings is 2. The third-order valence-corrected chi connectivity index (χ3v) is 4.56. The van der Waals surface area contributed by atoms with E-state index < -0.39 is 17.8 Å². The summed E-state index contributed by atoms with van der Waals surface area (Å²) in [5.41, 5.74) is 7.23. The molecule has 2 rings (SSSR count). The molecule has 1 atom stereocenters. The molecule has 0 heterocycles. The molecule has 1 unspecified atom stereocenters. The summed E-state index contributed by atoms with van der Waals surface area (Å²) in [4.78, 5) is 0. The van der Waals surface area contributed by atoms with Gasteiger partial charge in [-0.3, -0.25) is 0 Å². The zero-order valence-corrected chi connectivity index (χ0v) is 13.4. The van der Waals surface area contributed by atoms with Crippen molar-refractivity contribution in [3.63, 3.8) is 0 Å². The molecular weight excluding hydrogens is 367 g/mol. The molecule has 0 bridgehead atoms. The minimum Gasteiger partial charge on any atom is -0.320 e. The van der Waals surface area contributed by atoms with Crippen LogP contribution in [0.1, 0.15) is 28.3 Å². The molecule has 0 saturated carbocycles. The molecule has 2 aromatic carbocycles. The van der Waals surface area contributed by atoms with Gasteiger partial charge in [0.25, 0.3) is 0 Å². The van der Waals surface area contributed by atoms with Gasteiger partial charge in [0.2, 0.25) is 0 Å². The molecule has 0 aromatic heterocycles. The number of alkyl halides is 3. The van der Waals surface area contributed by atoms with Crippen molar-refractivity contribution in [1.29, 1.82) is 0 Å². The molecule has 0 aliphatic heterocycles. The zero-order chi connectivity index (χ0) is 15.8. The SMILES string of the molecule is Cc1cc(C(F)(F)F)ccc1C(N)c1cccc(Br)c1Cl. The Balaban J connectivity index is 2.45. The lowest BCUT2D eigenvalue weighted by molar-refractivity contribution is -0.137. The first kappa shape index (κ1) is 16.3. The molecule has 0 fully saturated rings. The second-order valence-electron chi connectivity index (χ2n) is 4.69. The predicted octanol–water partition coefficient (Wildman–Crippen LogP) is 5.48. The molecule has 0 amide bonds. The summed E-state index contributed by atoms with van der Waals surface area (Å²) >= 11 is 9.49. The van der Waals surface area contributed by atoms with Crippen molar-refractivity contribution in [3.8, 4) is 0 Å². The number of rotatable bonds is 2. The van der Waals surface area contributed by atoms with Crippen molar-refractivity contribution in [2.24, 2.45) is 5.73 Å². The molecule has 6 heteroatoms. The van der Waals surface area contributed by atoms with E-state index in [0.717, 1.165) is 12.1 Å². The van der Waals surface area contributed by atoms with Crippen molar-refractivity contribution >= 4 is 27.5 Å². The van der Waals surface area contributed by atoms with Crippen molar-refractivity contribution in [3.05, 3.63) is 68.1 Å². The fourth-order valence-electron chi connectivity index (χ4n) is 2.13. The topological polar surface area (TPSA) is 26.0 Å². The Kier molecular flexibility index (Phi) is 4.66. The van der Waals surface area contributed by atoms with Crippen molar-refractivity contribution in [2.45, 2.75) is 19.1 Å². The standard InChI is InChI=1S/C15H12BrClF3N/c1-8-7-9(15(18,19)20)5-6-10(8)14(21)11-3-2-4-12(16)13(11)17/h2-7,14H,21H2,1H3. The Hall–Kier alpha value is -1.04. The van der Waals surface area contributed by atoms with Crippen LogP contribution in [0.5, 0.6) is 0 Å². The summed E-state index contributed by atoms with van der Waals surface area (Å²) in [6.07, 6.45) is -4.36. The molecular formula is C15H12BrClF3N. The van der Waals surface area contributed by atoms with Crippen LogP contribution in [0.25, 0.3) is 0 Å². The van der Waals surface area contributed by atoms with E-state index in [1.165, 1.54) is 6.07 Å². The highest BCUT2D eigenvalue weighted by atomic mass is 79.9. The van der Waals surface area contributed by atoms with Gasteiger partial charge in [-0.25, -0.2) is 0 Å². The molecule has 2 N–H and O–H groups in total. The van der Waals surface area contributed by atoms with E-state index in [-0.39, 0.29) is 0 Å². The van der Waals surface area contributed by atoms with E-state index in [1.807, 2.05) is 0 Å². The van der Waals surface area contributed by atoms with Crippen LogP contribution in [0.3, 0.4) is 0 Å². The van der Waals surface area contributed by atoms with Crippen LogP contribution in [-0.2, 0) is 6.18 Å². The molecule has 0 radical (unpaired) electrons. The lowest BCUT2D eigenvalue weighted by Crippen LogP contribution is -2.15. The Morgan fingerprint density at radius 2 is 1.81 bits per heavy atom. The highest BCUT2D eigenvalue weighted by molar-refractivity contribution is 9.10. The monoisotopic (exact) mass is 377 g/mol. The summed E-state index contributed by atoms with van der Waals surface area (Å²) in [7, 11) is 0. The van der Waals surface area contributed by atoms with Crippen LogP contribution in [0, 0.1) is 6.92 Å². The highest BCUT2D eigenvalue weighted by Crippen LogP contribution is 2.35. The first-order valence-corrected chi connectivity index (χ1v) is 7.26. The molecule has 21 heavy (non-hydrogen) atoms. The summed E-state index contributed by atoms with van der Waals surface area (Å²) in [5, 5.41) is 0.462. The van der Waals surface area contributed by atoms with Gasteiger partial charge in [0.15, 0.2) is 0 Å². The maximum Gasteiger partial charge on any atom is 0.416 e. The van der Waals surface area contributed by atoms with Gasteiger partial charge >= 0.3 is 6.18 Å². The average Bonchev–Trinajstić information content (AvgIpc) is 2.40.